The van der Waals surface area contributed by atoms with E-state index >= 15 is 0 Å². The first-order valence-corrected chi connectivity index (χ1v) is 8.46. The van der Waals surface area contributed by atoms with E-state index < -0.39 is 0 Å². The van der Waals surface area contributed by atoms with Crippen molar-refractivity contribution in [3.63, 3.8) is 0 Å². The average molecular weight is 396 g/mol. The van der Waals surface area contributed by atoms with E-state index in [0.717, 1.165) is 37.7 Å². The lowest BCUT2D eigenvalue weighted by Crippen LogP contribution is -2.36. The number of rotatable bonds is 3. The number of nitrogens with zero attached hydrogens (tertiary/aromatic N) is 2. The van der Waals surface area contributed by atoms with Gasteiger partial charge in [0.2, 0.25) is 0 Å². The summed E-state index contributed by atoms with van der Waals surface area (Å²) < 4.78 is 5.95. The van der Waals surface area contributed by atoms with Crippen LogP contribution in [0.25, 0.3) is 0 Å². The molecule has 2 aromatic rings. The van der Waals surface area contributed by atoms with Gasteiger partial charge in [0.05, 0.1) is 29.1 Å². The number of para-hydroxylation sites is 2. The largest absolute Gasteiger partial charge is 0.506 e. The minimum atomic E-state index is 0.127. The Morgan fingerprint density at radius 1 is 1.22 bits per heavy atom. The summed E-state index contributed by atoms with van der Waals surface area (Å²) in [5.74, 6) is 0.127. The van der Waals surface area contributed by atoms with Crippen molar-refractivity contribution in [2.45, 2.75) is 0 Å². The molecule has 2 aromatic carbocycles. The number of hydrogen-bond donors (Lipinski definition) is 1. The van der Waals surface area contributed by atoms with Gasteiger partial charge in [-0.25, -0.2) is 0 Å². The SMILES string of the molecule is Oc1c(Br)cc(Cl)cc1C=Nc1ccccc1N1CCOCC1. The summed E-state index contributed by atoms with van der Waals surface area (Å²) in [4.78, 5) is 6.80. The third-order valence-electron chi connectivity index (χ3n) is 3.63. The van der Waals surface area contributed by atoms with Gasteiger partial charge in [0.25, 0.3) is 0 Å². The maximum Gasteiger partial charge on any atom is 0.138 e. The first-order chi connectivity index (χ1) is 11.1. The number of morpholine rings is 1. The third kappa shape index (κ3) is 3.86. The van der Waals surface area contributed by atoms with Crippen LogP contribution in [-0.4, -0.2) is 37.6 Å². The van der Waals surface area contributed by atoms with Crippen molar-refractivity contribution in [1.29, 1.82) is 0 Å². The molecular formula is C17H16BrClN2O2. The minimum absolute atomic E-state index is 0.127. The summed E-state index contributed by atoms with van der Waals surface area (Å²) in [6.45, 7) is 3.14. The van der Waals surface area contributed by atoms with Gasteiger partial charge in [-0.05, 0) is 40.2 Å². The molecule has 23 heavy (non-hydrogen) atoms. The van der Waals surface area contributed by atoms with Gasteiger partial charge in [0.15, 0.2) is 0 Å². The Morgan fingerprint density at radius 3 is 2.74 bits per heavy atom. The number of benzene rings is 2. The van der Waals surface area contributed by atoms with Crippen molar-refractivity contribution in [3.05, 3.63) is 51.5 Å². The zero-order valence-corrected chi connectivity index (χ0v) is 14.7. The van der Waals surface area contributed by atoms with Crippen LogP contribution in [0.2, 0.25) is 5.02 Å². The molecule has 0 spiro atoms. The van der Waals surface area contributed by atoms with Crippen molar-refractivity contribution in [1.82, 2.24) is 0 Å². The van der Waals surface area contributed by atoms with Crippen molar-refractivity contribution in [2.24, 2.45) is 4.99 Å². The average Bonchev–Trinajstić information content (AvgIpc) is 2.58. The highest BCUT2D eigenvalue weighted by atomic mass is 79.9. The molecule has 0 aromatic heterocycles. The molecule has 1 fully saturated rings. The molecule has 1 aliphatic rings. The molecule has 0 amide bonds. The van der Waals surface area contributed by atoms with E-state index in [1.165, 1.54) is 0 Å². The predicted molar refractivity (Wildman–Crippen MR) is 97.5 cm³/mol. The third-order valence-corrected chi connectivity index (χ3v) is 4.46. The first kappa shape index (κ1) is 16.3. The van der Waals surface area contributed by atoms with Crippen LogP contribution in [0, 0.1) is 0 Å². The fourth-order valence-electron chi connectivity index (χ4n) is 2.47. The second kappa shape index (κ2) is 7.34. The number of halogens is 2. The van der Waals surface area contributed by atoms with E-state index in [-0.39, 0.29) is 5.75 Å². The number of hydrogen-bond acceptors (Lipinski definition) is 4. The van der Waals surface area contributed by atoms with Gasteiger partial charge in [0.1, 0.15) is 5.75 Å². The Bertz CT molecular complexity index is 731. The second-order valence-corrected chi connectivity index (χ2v) is 6.46. The molecule has 0 atom stereocenters. The van der Waals surface area contributed by atoms with Crippen LogP contribution in [-0.2, 0) is 4.74 Å². The lowest BCUT2D eigenvalue weighted by molar-refractivity contribution is 0.123. The smallest absolute Gasteiger partial charge is 0.138 e. The summed E-state index contributed by atoms with van der Waals surface area (Å²) in [6, 6.07) is 11.3. The number of phenolic OH excluding ortho intramolecular Hbond substituents is 1. The number of aliphatic imine (C=N–C) groups is 1. The molecule has 6 heteroatoms. The summed E-state index contributed by atoms with van der Waals surface area (Å²) >= 11 is 9.31. The van der Waals surface area contributed by atoms with Crippen LogP contribution in [0.4, 0.5) is 11.4 Å². The van der Waals surface area contributed by atoms with Crippen LogP contribution in [0.15, 0.2) is 45.9 Å². The van der Waals surface area contributed by atoms with Crippen LogP contribution in [0.1, 0.15) is 5.56 Å². The van der Waals surface area contributed by atoms with Gasteiger partial charge in [-0.1, -0.05) is 23.7 Å². The summed E-state index contributed by atoms with van der Waals surface area (Å²) in [7, 11) is 0. The van der Waals surface area contributed by atoms with E-state index in [0.29, 0.717) is 15.1 Å². The van der Waals surface area contributed by atoms with Gasteiger partial charge < -0.3 is 14.7 Å². The van der Waals surface area contributed by atoms with Crippen molar-refractivity contribution in [2.75, 3.05) is 31.2 Å². The van der Waals surface area contributed by atoms with E-state index in [1.807, 2.05) is 24.3 Å². The zero-order chi connectivity index (χ0) is 16.2. The molecule has 0 radical (unpaired) electrons. The van der Waals surface area contributed by atoms with Gasteiger partial charge in [-0.3, -0.25) is 4.99 Å². The Labute approximate surface area is 148 Å². The molecule has 1 N–H and O–H groups in total. The highest BCUT2D eigenvalue weighted by molar-refractivity contribution is 9.10. The lowest BCUT2D eigenvalue weighted by Gasteiger charge is -2.29. The van der Waals surface area contributed by atoms with E-state index in [9.17, 15) is 5.11 Å². The molecule has 3 rings (SSSR count). The second-order valence-electron chi connectivity index (χ2n) is 5.17. The van der Waals surface area contributed by atoms with E-state index in [4.69, 9.17) is 16.3 Å². The maximum atomic E-state index is 10.1. The molecule has 1 saturated heterocycles. The predicted octanol–water partition coefficient (Wildman–Crippen LogP) is 4.40. The first-order valence-electron chi connectivity index (χ1n) is 7.29. The molecule has 1 aliphatic heterocycles. The van der Waals surface area contributed by atoms with Gasteiger partial charge >= 0.3 is 0 Å². The molecular weight excluding hydrogens is 380 g/mol. The Kier molecular flexibility index (Phi) is 5.20. The van der Waals surface area contributed by atoms with Crippen LogP contribution >= 0.6 is 27.5 Å². The van der Waals surface area contributed by atoms with Crippen molar-refractivity contribution in [3.8, 4) is 5.75 Å². The molecule has 0 aliphatic carbocycles. The standard InChI is InChI=1S/C17H16BrClN2O2/c18-14-10-13(19)9-12(17(14)22)11-20-15-3-1-2-4-16(15)21-5-7-23-8-6-21/h1-4,9-11,22H,5-8H2. The molecule has 1 heterocycles. The number of anilines is 1. The summed E-state index contributed by atoms with van der Waals surface area (Å²) in [5.41, 5.74) is 2.48. The normalized spacial score (nSPS) is 15.3. The topological polar surface area (TPSA) is 45.1 Å². The highest BCUT2D eigenvalue weighted by Gasteiger charge is 2.14. The maximum absolute atomic E-state index is 10.1. The number of phenols is 1. The van der Waals surface area contributed by atoms with Gasteiger partial charge in [0, 0.05) is 29.9 Å². The van der Waals surface area contributed by atoms with E-state index in [2.05, 4.69) is 25.8 Å². The Hall–Kier alpha value is -1.56. The quantitative estimate of drug-likeness (QED) is 0.784. The minimum Gasteiger partial charge on any atom is -0.506 e. The molecule has 0 unspecified atom stereocenters. The molecule has 0 saturated carbocycles. The molecule has 120 valence electrons. The highest BCUT2D eigenvalue weighted by Crippen LogP contribution is 2.32. The number of aromatic hydroxyl groups is 1. The molecule has 4 nitrogen and oxygen atoms in total. The van der Waals surface area contributed by atoms with Crippen molar-refractivity contribution < 1.29 is 9.84 Å². The summed E-state index contributed by atoms with van der Waals surface area (Å²) in [6.07, 6.45) is 1.63. The van der Waals surface area contributed by atoms with Crippen LogP contribution in [0.3, 0.4) is 0 Å². The van der Waals surface area contributed by atoms with E-state index in [1.54, 1.807) is 18.3 Å². The van der Waals surface area contributed by atoms with Gasteiger partial charge in [-0.2, -0.15) is 0 Å². The fourth-order valence-corrected chi connectivity index (χ4v) is 3.30. The lowest BCUT2D eigenvalue weighted by atomic mass is 10.2. The fraction of sp³-hybridized carbons (Fsp3) is 0.235. The number of ether oxygens (including phenoxy) is 1. The van der Waals surface area contributed by atoms with Crippen molar-refractivity contribution >= 4 is 45.1 Å². The van der Waals surface area contributed by atoms with Crippen LogP contribution in [0.5, 0.6) is 5.75 Å². The Balaban J connectivity index is 1.91. The zero-order valence-electron chi connectivity index (χ0n) is 12.4. The Morgan fingerprint density at radius 2 is 1.96 bits per heavy atom. The van der Waals surface area contributed by atoms with Crippen LogP contribution < -0.4 is 4.90 Å². The van der Waals surface area contributed by atoms with Gasteiger partial charge in [-0.15, -0.1) is 0 Å². The molecule has 0 bridgehead atoms. The monoisotopic (exact) mass is 394 g/mol. The summed E-state index contributed by atoms with van der Waals surface area (Å²) in [5, 5.41) is 10.6.